The molecular formula is C17H24N6O2. The number of nitrogens with one attached hydrogen (secondary N) is 1. The molecule has 134 valence electrons. The normalized spacial score (nSPS) is 12.9. The monoisotopic (exact) mass is 344 g/mol. The van der Waals surface area contributed by atoms with Crippen molar-refractivity contribution in [3.63, 3.8) is 0 Å². The third kappa shape index (κ3) is 3.96. The predicted molar refractivity (Wildman–Crippen MR) is 94.2 cm³/mol. The molecule has 0 saturated carbocycles. The fraction of sp³-hybridized carbons (Fsp3) is 0.529. The third-order valence-electron chi connectivity index (χ3n) is 3.77. The van der Waals surface area contributed by atoms with Gasteiger partial charge in [-0.2, -0.15) is 4.98 Å². The maximum Gasteiger partial charge on any atom is 0.246 e. The van der Waals surface area contributed by atoms with E-state index in [4.69, 9.17) is 9.26 Å². The predicted octanol–water partition coefficient (Wildman–Crippen LogP) is 3.02. The van der Waals surface area contributed by atoms with E-state index < -0.39 is 0 Å². The summed E-state index contributed by atoms with van der Waals surface area (Å²) >= 11 is 0. The van der Waals surface area contributed by atoms with Crippen molar-refractivity contribution in [1.82, 2.24) is 25.1 Å². The average Bonchev–Trinajstić information content (AvgIpc) is 3.20. The molecular weight excluding hydrogens is 320 g/mol. The quantitative estimate of drug-likeness (QED) is 0.704. The van der Waals surface area contributed by atoms with Crippen LogP contribution in [0.4, 0.5) is 5.82 Å². The number of fused-ring (bicyclic) bond motifs is 1. The Morgan fingerprint density at radius 3 is 2.80 bits per heavy atom. The van der Waals surface area contributed by atoms with Crippen molar-refractivity contribution in [2.75, 3.05) is 18.6 Å². The Morgan fingerprint density at radius 2 is 2.04 bits per heavy atom. The largest absolute Gasteiger partial charge is 0.370 e. The number of nitrogens with zero attached hydrogens (tertiary/aromatic N) is 5. The van der Waals surface area contributed by atoms with Crippen LogP contribution in [-0.2, 0) is 11.3 Å². The molecule has 1 N–H and O–H groups in total. The van der Waals surface area contributed by atoms with E-state index in [1.807, 2.05) is 38.1 Å². The minimum absolute atomic E-state index is 0.192. The number of hydrogen-bond acceptors (Lipinski definition) is 7. The van der Waals surface area contributed by atoms with E-state index in [0.29, 0.717) is 36.6 Å². The molecule has 25 heavy (non-hydrogen) atoms. The van der Waals surface area contributed by atoms with Gasteiger partial charge in [0.25, 0.3) is 0 Å². The molecule has 0 saturated heterocycles. The SMILES string of the molecule is Cc1nc(N(C)Cc2nc(C(C)OCC(C)C)no2)c2cc[nH]c2n1. The highest BCUT2D eigenvalue weighted by Crippen LogP contribution is 2.23. The minimum atomic E-state index is -0.192. The lowest BCUT2D eigenvalue weighted by molar-refractivity contribution is 0.0402. The number of rotatable bonds is 7. The molecule has 0 aliphatic rings. The van der Waals surface area contributed by atoms with Crippen LogP contribution in [0.25, 0.3) is 11.0 Å². The van der Waals surface area contributed by atoms with Gasteiger partial charge in [-0.05, 0) is 25.8 Å². The number of hydrogen-bond donors (Lipinski definition) is 1. The van der Waals surface area contributed by atoms with Gasteiger partial charge in [-0.25, -0.2) is 9.97 Å². The van der Waals surface area contributed by atoms with Crippen LogP contribution in [0, 0.1) is 12.8 Å². The van der Waals surface area contributed by atoms with Crippen LogP contribution in [0.3, 0.4) is 0 Å². The number of H-pyrrole nitrogens is 1. The molecule has 0 fully saturated rings. The van der Waals surface area contributed by atoms with Gasteiger partial charge in [-0.15, -0.1) is 0 Å². The van der Waals surface area contributed by atoms with Gasteiger partial charge in [0.15, 0.2) is 5.82 Å². The van der Waals surface area contributed by atoms with Crippen molar-refractivity contribution in [3.05, 3.63) is 29.8 Å². The average molecular weight is 344 g/mol. The highest BCUT2D eigenvalue weighted by atomic mass is 16.5. The molecule has 3 aromatic rings. The summed E-state index contributed by atoms with van der Waals surface area (Å²) in [6, 6.07) is 1.96. The maximum atomic E-state index is 5.73. The van der Waals surface area contributed by atoms with Gasteiger partial charge in [-0.1, -0.05) is 19.0 Å². The van der Waals surface area contributed by atoms with Gasteiger partial charge >= 0.3 is 0 Å². The molecule has 8 heteroatoms. The smallest absolute Gasteiger partial charge is 0.246 e. The molecule has 0 spiro atoms. The van der Waals surface area contributed by atoms with E-state index in [-0.39, 0.29) is 6.10 Å². The Labute approximate surface area is 146 Å². The second-order valence-corrected chi connectivity index (χ2v) is 6.61. The van der Waals surface area contributed by atoms with Crippen LogP contribution < -0.4 is 4.90 Å². The van der Waals surface area contributed by atoms with E-state index in [1.165, 1.54) is 0 Å². The standard InChI is InChI=1S/C17H24N6O2/c1-10(2)9-24-11(3)15-21-14(25-22-15)8-23(5)17-13-6-7-18-16(13)19-12(4)20-17/h6-7,10-11H,8-9H2,1-5H3,(H,18,19,20). The molecule has 8 nitrogen and oxygen atoms in total. The number of aryl methyl sites for hydroxylation is 1. The summed E-state index contributed by atoms with van der Waals surface area (Å²) in [6.45, 7) is 9.13. The maximum absolute atomic E-state index is 5.73. The number of ether oxygens (including phenoxy) is 1. The number of aromatic amines is 1. The van der Waals surface area contributed by atoms with Crippen molar-refractivity contribution in [1.29, 1.82) is 0 Å². The zero-order valence-corrected chi connectivity index (χ0v) is 15.3. The van der Waals surface area contributed by atoms with Crippen molar-refractivity contribution in [2.45, 2.75) is 40.3 Å². The van der Waals surface area contributed by atoms with Crippen LogP contribution >= 0.6 is 0 Å². The Hall–Kier alpha value is -2.48. The highest BCUT2D eigenvalue weighted by Gasteiger charge is 2.18. The van der Waals surface area contributed by atoms with Crippen LogP contribution in [0.5, 0.6) is 0 Å². The van der Waals surface area contributed by atoms with Gasteiger partial charge < -0.3 is 19.1 Å². The molecule has 3 rings (SSSR count). The lowest BCUT2D eigenvalue weighted by Crippen LogP contribution is -2.19. The first kappa shape index (κ1) is 17.3. The lowest BCUT2D eigenvalue weighted by atomic mass is 10.2. The van der Waals surface area contributed by atoms with Gasteiger partial charge in [0.2, 0.25) is 5.89 Å². The fourth-order valence-corrected chi connectivity index (χ4v) is 2.51. The first-order chi connectivity index (χ1) is 11.9. The zero-order valence-electron chi connectivity index (χ0n) is 15.3. The van der Waals surface area contributed by atoms with Crippen molar-refractivity contribution in [3.8, 4) is 0 Å². The number of anilines is 1. The van der Waals surface area contributed by atoms with Crippen LogP contribution in [0.15, 0.2) is 16.8 Å². The molecule has 3 aromatic heterocycles. The second kappa shape index (κ2) is 7.18. The summed E-state index contributed by atoms with van der Waals surface area (Å²) in [4.78, 5) is 18.5. The van der Waals surface area contributed by atoms with Crippen molar-refractivity contribution < 1.29 is 9.26 Å². The van der Waals surface area contributed by atoms with Crippen LogP contribution in [0.1, 0.15) is 44.4 Å². The number of aromatic nitrogens is 5. The highest BCUT2D eigenvalue weighted by molar-refractivity contribution is 5.87. The summed E-state index contributed by atoms with van der Waals surface area (Å²) in [6.07, 6.45) is 1.66. The Morgan fingerprint density at radius 1 is 1.24 bits per heavy atom. The molecule has 1 atom stereocenters. The summed E-state index contributed by atoms with van der Waals surface area (Å²) < 4.78 is 11.1. The molecule has 0 aromatic carbocycles. The van der Waals surface area contributed by atoms with Crippen LogP contribution in [0.2, 0.25) is 0 Å². The molecule has 3 heterocycles. The molecule has 0 aliphatic heterocycles. The third-order valence-corrected chi connectivity index (χ3v) is 3.77. The Kier molecular flexibility index (Phi) is 4.98. The molecule has 0 aliphatic carbocycles. The minimum Gasteiger partial charge on any atom is -0.370 e. The van der Waals surface area contributed by atoms with E-state index in [2.05, 4.69) is 38.9 Å². The lowest BCUT2D eigenvalue weighted by Gasteiger charge is -2.17. The first-order valence-electron chi connectivity index (χ1n) is 8.41. The summed E-state index contributed by atoms with van der Waals surface area (Å²) in [5.41, 5.74) is 0.816. The summed E-state index contributed by atoms with van der Waals surface area (Å²) in [5.74, 6) is 3.09. The molecule has 0 bridgehead atoms. The van der Waals surface area contributed by atoms with E-state index in [1.54, 1.807) is 0 Å². The fourth-order valence-electron chi connectivity index (χ4n) is 2.51. The zero-order chi connectivity index (χ0) is 18.0. The van der Waals surface area contributed by atoms with Crippen LogP contribution in [-0.4, -0.2) is 38.7 Å². The Bertz CT molecular complexity index is 841. The first-order valence-corrected chi connectivity index (χ1v) is 8.41. The summed E-state index contributed by atoms with van der Waals surface area (Å²) in [7, 11) is 1.94. The topological polar surface area (TPSA) is 93.0 Å². The van der Waals surface area contributed by atoms with Crippen molar-refractivity contribution in [2.24, 2.45) is 5.92 Å². The molecule has 0 radical (unpaired) electrons. The second-order valence-electron chi connectivity index (χ2n) is 6.61. The Balaban J connectivity index is 1.73. The van der Waals surface area contributed by atoms with Gasteiger partial charge in [0.1, 0.15) is 23.4 Å². The van der Waals surface area contributed by atoms with Gasteiger partial charge in [0.05, 0.1) is 11.9 Å². The van der Waals surface area contributed by atoms with E-state index >= 15 is 0 Å². The molecule has 1 unspecified atom stereocenters. The van der Waals surface area contributed by atoms with E-state index in [9.17, 15) is 0 Å². The van der Waals surface area contributed by atoms with E-state index in [0.717, 1.165) is 16.9 Å². The van der Waals surface area contributed by atoms with Crippen molar-refractivity contribution >= 4 is 16.9 Å². The summed E-state index contributed by atoms with van der Waals surface area (Å²) in [5, 5.41) is 4.99. The van der Waals surface area contributed by atoms with Gasteiger partial charge in [-0.3, -0.25) is 0 Å². The van der Waals surface area contributed by atoms with Gasteiger partial charge in [0, 0.05) is 19.9 Å². The molecule has 0 amide bonds.